The Bertz CT molecular complexity index is 1060. The first-order valence-electron chi connectivity index (χ1n) is 7.42. The van der Waals surface area contributed by atoms with Gasteiger partial charge in [-0.05, 0) is 25.1 Å². The number of fused-ring (bicyclic) bond motifs is 2. The molecule has 4 aromatic rings. The van der Waals surface area contributed by atoms with Crippen molar-refractivity contribution in [1.29, 1.82) is 0 Å². The van der Waals surface area contributed by atoms with Crippen LogP contribution in [0.1, 0.15) is 28.5 Å². The van der Waals surface area contributed by atoms with E-state index in [4.69, 9.17) is 11.6 Å². The summed E-state index contributed by atoms with van der Waals surface area (Å²) in [5, 5.41) is 12.6. The van der Waals surface area contributed by atoms with Crippen molar-refractivity contribution in [3.63, 3.8) is 0 Å². The van der Waals surface area contributed by atoms with Crippen molar-refractivity contribution < 1.29 is 4.79 Å². The van der Waals surface area contributed by atoms with Gasteiger partial charge in [-0.25, -0.2) is 0 Å². The molecule has 5 nitrogen and oxygen atoms in total. The Hall–Kier alpha value is -2.44. The summed E-state index contributed by atoms with van der Waals surface area (Å²) in [5.74, 6) is 0.470. The topological polar surface area (TPSA) is 59.3 Å². The van der Waals surface area contributed by atoms with Crippen LogP contribution in [0.2, 0.25) is 5.02 Å². The lowest BCUT2D eigenvalue weighted by Gasteiger charge is -2.11. The lowest BCUT2D eigenvalue weighted by molar-refractivity contribution is 0.0942. The van der Waals surface area contributed by atoms with E-state index in [1.165, 1.54) is 11.3 Å². The molecule has 0 unspecified atom stereocenters. The number of amides is 1. The molecule has 0 aliphatic carbocycles. The maximum Gasteiger partial charge on any atom is 0.263 e. The van der Waals surface area contributed by atoms with Gasteiger partial charge in [-0.1, -0.05) is 35.9 Å². The molecule has 1 amide bonds. The number of hydrogen-bond donors (Lipinski definition) is 1. The summed E-state index contributed by atoms with van der Waals surface area (Å²) in [6, 6.07) is 13.1. The molecule has 0 aliphatic rings. The van der Waals surface area contributed by atoms with Crippen molar-refractivity contribution in [2.45, 2.75) is 13.0 Å². The Morgan fingerprint density at radius 2 is 2.00 bits per heavy atom. The molecule has 1 atom stereocenters. The molecule has 3 aromatic heterocycles. The second-order valence-electron chi connectivity index (χ2n) is 5.42. The fraction of sp³-hybridized carbons (Fsp3) is 0.118. The van der Waals surface area contributed by atoms with E-state index < -0.39 is 0 Å². The van der Waals surface area contributed by atoms with E-state index in [9.17, 15) is 4.79 Å². The molecule has 3 heterocycles. The van der Waals surface area contributed by atoms with Gasteiger partial charge in [0, 0.05) is 16.3 Å². The molecule has 24 heavy (non-hydrogen) atoms. The number of nitrogens with one attached hydrogen (secondary N) is 1. The number of nitrogens with zero attached hydrogens (tertiary/aromatic N) is 3. The quantitative estimate of drug-likeness (QED) is 0.601. The zero-order valence-corrected chi connectivity index (χ0v) is 14.3. The van der Waals surface area contributed by atoms with E-state index >= 15 is 0 Å². The molecule has 0 saturated carbocycles. The Kier molecular flexibility index (Phi) is 3.70. The number of rotatable bonds is 3. The van der Waals surface area contributed by atoms with Crippen molar-refractivity contribution in [2.75, 3.05) is 0 Å². The normalized spacial score (nSPS) is 12.6. The van der Waals surface area contributed by atoms with Crippen LogP contribution in [0.4, 0.5) is 0 Å². The third kappa shape index (κ3) is 2.44. The molecule has 1 N–H and O–H groups in total. The molecule has 4 rings (SSSR count). The fourth-order valence-electron chi connectivity index (χ4n) is 2.64. The standard InChI is InChI=1S/C17H13ClN4OS/c1-10(16-21-20-13-8-4-5-9-22(13)16)19-17(23)15-14(18)11-6-2-3-7-12(11)24-15/h2-10H,1H3,(H,19,23)/t10-/m1/s1. The lowest BCUT2D eigenvalue weighted by Crippen LogP contribution is -2.27. The Labute approximate surface area is 146 Å². The Morgan fingerprint density at radius 3 is 2.83 bits per heavy atom. The molecule has 0 bridgehead atoms. The number of pyridine rings is 1. The van der Waals surface area contributed by atoms with Crippen LogP contribution in [0.5, 0.6) is 0 Å². The van der Waals surface area contributed by atoms with Gasteiger partial charge in [-0.15, -0.1) is 21.5 Å². The predicted octanol–water partition coefficient (Wildman–Crippen LogP) is 4.09. The van der Waals surface area contributed by atoms with Crippen molar-refractivity contribution in [1.82, 2.24) is 19.9 Å². The first kappa shape index (κ1) is 15.1. The average molecular weight is 357 g/mol. The summed E-state index contributed by atoms with van der Waals surface area (Å²) in [4.78, 5) is 13.1. The molecular formula is C17H13ClN4OS. The zero-order valence-electron chi connectivity index (χ0n) is 12.7. The molecule has 0 saturated heterocycles. The van der Waals surface area contributed by atoms with Gasteiger partial charge in [0.15, 0.2) is 11.5 Å². The van der Waals surface area contributed by atoms with Crippen LogP contribution in [0, 0.1) is 0 Å². The van der Waals surface area contributed by atoms with Crippen molar-refractivity contribution in [2.24, 2.45) is 0 Å². The summed E-state index contributed by atoms with van der Waals surface area (Å²) < 4.78 is 2.85. The van der Waals surface area contributed by atoms with Crippen molar-refractivity contribution in [3.8, 4) is 0 Å². The summed E-state index contributed by atoms with van der Waals surface area (Å²) in [7, 11) is 0. The third-order valence-corrected chi connectivity index (χ3v) is 5.49. The van der Waals surface area contributed by atoms with Crippen LogP contribution in [0.25, 0.3) is 15.7 Å². The molecule has 0 radical (unpaired) electrons. The smallest absolute Gasteiger partial charge is 0.263 e. The summed E-state index contributed by atoms with van der Waals surface area (Å²) in [6.45, 7) is 1.88. The van der Waals surface area contributed by atoms with Gasteiger partial charge in [0.1, 0.15) is 4.88 Å². The van der Waals surface area contributed by atoms with E-state index in [-0.39, 0.29) is 11.9 Å². The highest BCUT2D eigenvalue weighted by Crippen LogP contribution is 2.35. The highest BCUT2D eigenvalue weighted by Gasteiger charge is 2.21. The van der Waals surface area contributed by atoms with E-state index in [2.05, 4.69) is 15.5 Å². The second kappa shape index (κ2) is 5.89. The summed E-state index contributed by atoms with van der Waals surface area (Å²) in [6.07, 6.45) is 1.87. The monoisotopic (exact) mass is 356 g/mol. The number of aromatic nitrogens is 3. The maximum atomic E-state index is 12.6. The van der Waals surface area contributed by atoms with E-state index in [1.54, 1.807) is 0 Å². The number of thiophene rings is 1. The molecule has 1 aromatic carbocycles. The second-order valence-corrected chi connectivity index (χ2v) is 6.85. The Balaban J connectivity index is 1.64. The van der Waals surface area contributed by atoms with Crippen LogP contribution in [-0.4, -0.2) is 20.5 Å². The number of hydrogen-bond acceptors (Lipinski definition) is 4. The maximum absolute atomic E-state index is 12.6. The van der Waals surface area contributed by atoms with E-state index in [0.717, 1.165) is 15.7 Å². The van der Waals surface area contributed by atoms with E-state index in [1.807, 2.05) is 60.0 Å². The van der Waals surface area contributed by atoms with Crippen molar-refractivity contribution >= 4 is 44.6 Å². The summed E-state index contributed by atoms with van der Waals surface area (Å²) >= 11 is 7.76. The van der Waals surface area contributed by atoms with Gasteiger partial charge in [-0.2, -0.15) is 0 Å². The molecule has 0 aliphatic heterocycles. The average Bonchev–Trinajstić information content (AvgIpc) is 3.17. The highest BCUT2D eigenvalue weighted by atomic mass is 35.5. The van der Waals surface area contributed by atoms with Gasteiger partial charge in [-0.3, -0.25) is 9.20 Å². The van der Waals surface area contributed by atoms with Crippen LogP contribution >= 0.6 is 22.9 Å². The minimum absolute atomic E-state index is 0.207. The zero-order chi connectivity index (χ0) is 16.7. The van der Waals surface area contributed by atoms with Crippen LogP contribution < -0.4 is 5.32 Å². The largest absolute Gasteiger partial charge is 0.342 e. The summed E-state index contributed by atoms with van der Waals surface area (Å²) in [5.41, 5.74) is 0.744. The van der Waals surface area contributed by atoms with Crippen molar-refractivity contribution in [3.05, 3.63) is 64.4 Å². The predicted molar refractivity (Wildman–Crippen MR) is 95.7 cm³/mol. The fourth-order valence-corrected chi connectivity index (χ4v) is 4.06. The van der Waals surface area contributed by atoms with Gasteiger partial charge < -0.3 is 5.32 Å². The van der Waals surface area contributed by atoms with Crippen LogP contribution in [0.3, 0.4) is 0 Å². The van der Waals surface area contributed by atoms with Gasteiger partial charge in [0.2, 0.25) is 0 Å². The number of halogens is 1. The SMILES string of the molecule is C[C@@H](NC(=O)c1sc2ccccc2c1Cl)c1nnc2ccccn12. The van der Waals surface area contributed by atoms with Crippen LogP contribution in [-0.2, 0) is 0 Å². The van der Waals surface area contributed by atoms with Gasteiger partial charge in [0.05, 0.1) is 11.1 Å². The number of carbonyl (C=O) groups is 1. The van der Waals surface area contributed by atoms with Crippen LogP contribution in [0.15, 0.2) is 48.7 Å². The number of carbonyl (C=O) groups excluding carboxylic acids is 1. The lowest BCUT2D eigenvalue weighted by atomic mass is 10.2. The van der Waals surface area contributed by atoms with Gasteiger partial charge >= 0.3 is 0 Å². The Morgan fingerprint density at radius 1 is 1.21 bits per heavy atom. The minimum atomic E-state index is -0.295. The third-order valence-electron chi connectivity index (χ3n) is 3.82. The first-order valence-corrected chi connectivity index (χ1v) is 8.62. The molecular weight excluding hydrogens is 344 g/mol. The molecule has 7 heteroatoms. The molecule has 0 spiro atoms. The molecule has 120 valence electrons. The minimum Gasteiger partial charge on any atom is -0.342 e. The van der Waals surface area contributed by atoms with Gasteiger partial charge in [0.25, 0.3) is 5.91 Å². The first-order chi connectivity index (χ1) is 11.6. The highest BCUT2D eigenvalue weighted by molar-refractivity contribution is 7.21. The molecule has 0 fully saturated rings. The number of benzene rings is 1. The van der Waals surface area contributed by atoms with E-state index in [0.29, 0.717) is 15.7 Å².